The Morgan fingerprint density at radius 3 is 2.52 bits per heavy atom. The van der Waals surface area contributed by atoms with Crippen molar-refractivity contribution in [3.63, 3.8) is 0 Å². The number of amides is 3. The molecule has 0 saturated carbocycles. The van der Waals surface area contributed by atoms with Crippen molar-refractivity contribution in [2.75, 3.05) is 24.2 Å². The third-order valence-electron chi connectivity index (χ3n) is 3.41. The van der Waals surface area contributed by atoms with E-state index < -0.39 is 0 Å². The van der Waals surface area contributed by atoms with E-state index >= 15 is 0 Å². The Balaban J connectivity index is 1.97. The molecule has 122 valence electrons. The van der Waals surface area contributed by atoms with Crippen molar-refractivity contribution in [3.8, 4) is 0 Å². The third kappa shape index (κ3) is 4.54. The van der Waals surface area contributed by atoms with E-state index in [0.29, 0.717) is 22.1 Å². The van der Waals surface area contributed by atoms with E-state index in [-0.39, 0.29) is 18.0 Å². The van der Waals surface area contributed by atoms with Gasteiger partial charge in [-0.1, -0.05) is 18.2 Å². The Morgan fingerprint density at radius 2 is 1.87 bits per heavy atom. The molecule has 1 atom stereocenters. The van der Waals surface area contributed by atoms with Crippen LogP contribution >= 0.6 is 11.3 Å². The van der Waals surface area contributed by atoms with Crippen LogP contribution in [0.5, 0.6) is 0 Å². The molecule has 0 bridgehead atoms. The summed E-state index contributed by atoms with van der Waals surface area (Å²) in [5.41, 5.74) is 6.28. The van der Waals surface area contributed by atoms with Crippen LogP contribution in [0.2, 0.25) is 0 Å². The van der Waals surface area contributed by atoms with Crippen LogP contribution in [0.1, 0.15) is 16.6 Å². The van der Waals surface area contributed by atoms with Gasteiger partial charge in [-0.2, -0.15) is 0 Å². The number of urea groups is 1. The van der Waals surface area contributed by atoms with Gasteiger partial charge in [-0.15, -0.1) is 11.3 Å². The molecule has 2 rings (SSSR count). The highest BCUT2D eigenvalue weighted by molar-refractivity contribution is 7.18. The monoisotopic (exact) mass is 332 g/mol. The van der Waals surface area contributed by atoms with Gasteiger partial charge >= 0.3 is 6.03 Å². The third-order valence-corrected chi connectivity index (χ3v) is 4.40. The van der Waals surface area contributed by atoms with Crippen LogP contribution in [0, 0.1) is 0 Å². The number of carbonyl (C=O) groups excluding carboxylic acids is 2. The van der Waals surface area contributed by atoms with Crippen LogP contribution in [0.3, 0.4) is 0 Å². The summed E-state index contributed by atoms with van der Waals surface area (Å²) in [7, 11) is 1.72. The summed E-state index contributed by atoms with van der Waals surface area (Å²) in [6.07, 6.45) is 0. The minimum Gasteiger partial charge on any atom is -0.337 e. The second-order valence-electron chi connectivity index (χ2n) is 5.11. The molecule has 0 radical (unpaired) electrons. The van der Waals surface area contributed by atoms with Gasteiger partial charge in [-0.3, -0.25) is 10.1 Å². The van der Waals surface area contributed by atoms with E-state index in [9.17, 15) is 9.59 Å². The first kappa shape index (κ1) is 17.0. The molecule has 0 aliphatic rings. The van der Waals surface area contributed by atoms with Crippen LogP contribution in [-0.2, 0) is 0 Å². The fourth-order valence-corrected chi connectivity index (χ4v) is 2.73. The first-order chi connectivity index (χ1) is 11.0. The maximum Gasteiger partial charge on any atom is 0.324 e. The quantitative estimate of drug-likeness (QED) is 0.787. The van der Waals surface area contributed by atoms with Crippen LogP contribution in [0.15, 0.2) is 42.5 Å². The van der Waals surface area contributed by atoms with E-state index in [4.69, 9.17) is 5.73 Å². The average Bonchev–Trinajstić information content (AvgIpc) is 3.01. The molecular weight excluding hydrogens is 312 g/mol. The number of thiophene rings is 1. The molecule has 7 heteroatoms. The number of hydrogen-bond donors (Lipinski definition) is 3. The number of para-hydroxylation sites is 1. The molecule has 23 heavy (non-hydrogen) atoms. The number of anilines is 2. The Bertz CT molecular complexity index is 672. The normalized spacial score (nSPS) is 11.6. The summed E-state index contributed by atoms with van der Waals surface area (Å²) >= 11 is 1.23. The summed E-state index contributed by atoms with van der Waals surface area (Å²) in [5.74, 6) is -0.107. The highest BCUT2D eigenvalue weighted by Crippen LogP contribution is 2.23. The van der Waals surface area contributed by atoms with Gasteiger partial charge in [0.05, 0.1) is 9.88 Å². The lowest BCUT2D eigenvalue weighted by atomic mass is 10.3. The fourth-order valence-electron chi connectivity index (χ4n) is 1.85. The molecule has 2 aromatic rings. The van der Waals surface area contributed by atoms with Gasteiger partial charge < -0.3 is 16.0 Å². The predicted molar refractivity (Wildman–Crippen MR) is 94.0 cm³/mol. The minimum atomic E-state index is -0.347. The van der Waals surface area contributed by atoms with Gasteiger partial charge in [-0.25, -0.2) is 4.79 Å². The molecule has 1 heterocycles. The van der Waals surface area contributed by atoms with Crippen LogP contribution in [0.4, 0.5) is 15.5 Å². The van der Waals surface area contributed by atoms with Crippen molar-refractivity contribution in [2.45, 2.75) is 13.0 Å². The lowest BCUT2D eigenvalue weighted by Gasteiger charge is -2.22. The Morgan fingerprint density at radius 1 is 1.17 bits per heavy atom. The van der Waals surface area contributed by atoms with Crippen LogP contribution in [0.25, 0.3) is 0 Å². The molecule has 0 aliphatic heterocycles. The largest absolute Gasteiger partial charge is 0.337 e. The maximum atomic E-state index is 12.3. The number of nitrogens with zero attached hydrogens (tertiary/aromatic N) is 1. The first-order valence-electron chi connectivity index (χ1n) is 7.21. The van der Waals surface area contributed by atoms with Crippen LogP contribution < -0.4 is 16.4 Å². The number of hydrogen-bond acceptors (Lipinski definition) is 4. The van der Waals surface area contributed by atoms with E-state index in [1.165, 1.54) is 11.3 Å². The summed E-state index contributed by atoms with van der Waals surface area (Å²) in [6.45, 7) is 2.29. The summed E-state index contributed by atoms with van der Waals surface area (Å²) in [4.78, 5) is 26.4. The van der Waals surface area contributed by atoms with Crippen molar-refractivity contribution >= 4 is 34.0 Å². The number of likely N-dealkylation sites (N-methyl/N-ethyl adjacent to an activating group) is 1. The molecule has 1 aromatic heterocycles. The predicted octanol–water partition coefficient (Wildman–Crippen LogP) is 2.81. The lowest BCUT2D eigenvalue weighted by molar-refractivity contribution is 0.0753. The molecule has 0 fully saturated rings. The highest BCUT2D eigenvalue weighted by atomic mass is 32.1. The van der Waals surface area contributed by atoms with E-state index in [2.05, 4.69) is 10.6 Å². The second-order valence-corrected chi connectivity index (χ2v) is 6.19. The molecular formula is C16H20N4O2S. The molecule has 1 unspecified atom stereocenters. The topological polar surface area (TPSA) is 87.5 Å². The molecule has 0 spiro atoms. The maximum absolute atomic E-state index is 12.3. The smallest absolute Gasteiger partial charge is 0.324 e. The zero-order valence-corrected chi connectivity index (χ0v) is 13.9. The van der Waals surface area contributed by atoms with Gasteiger partial charge in [0, 0.05) is 25.3 Å². The number of nitrogens with one attached hydrogen (secondary N) is 2. The molecule has 1 aromatic carbocycles. The molecule has 6 nitrogen and oxygen atoms in total. The van der Waals surface area contributed by atoms with Crippen molar-refractivity contribution in [1.29, 1.82) is 0 Å². The Labute approximate surface area is 139 Å². The van der Waals surface area contributed by atoms with Crippen molar-refractivity contribution in [3.05, 3.63) is 47.3 Å². The number of carbonyl (C=O) groups is 2. The Kier molecular flexibility index (Phi) is 5.72. The van der Waals surface area contributed by atoms with Gasteiger partial charge in [0.25, 0.3) is 5.91 Å². The fraction of sp³-hybridized carbons (Fsp3) is 0.250. The van der Waals surface area contributed by atoms with Crippen LogP contribution in [-0.4, -0.2) is 36.5 Å². The van der Waals surface area contributed by atoms with E-state index in [0.717, 1.165) is 0 Å². The van der Waals surface area contributed by atoms with E-state index in [1.807, 2.05) is 25.1 Å². The standard InChI is InChI=1S/C16H20N4O2S/c1-11(10-17)20(2)15(21)13-8-9-14(23-13)19-16(22)18-12-6-4-3-5-7-12/h3-9,11H,10,17H2,1-2H3,(H2,18,19,22). The molecule has 0 saturated heterocycles. The highest BCUT2D eigenvalue weighted by Gasteiger charge is 2.18. The molecule has 0 aliphatic carbocycles. The van der Waals surface area contributed by atoms with Crippen molar-refractivity contribution < 1.29 is 9.59 Å². The Hall–Kier alpha value is -2.38. The molecule has 3 amide bonds. The van der Waals surface area contributed by atoms with Crippen molar-refractivity contribution in [1.82, 2.24) is 4.90 Å². The summed E-state index contributed by atoms with van der Waals surface area (Å²) in [6, 6.07) is 12.2. The SMILES string of the molecule is CC(CN)N(C)C(=O)c1ccc(NC(=O)Nc2ccccc2)s1. The van der Waals surface area contributed by atoms with Gasteiger partial charge in [0.15, 0.2) is 0 Å². The van der Waals surface area contributed by atoms with Gasteiger partial charge in [0.1, 0.15) is 0 Å². The van der Waals surface area contributed by atoms with Gasteiger partial charge in [-0.05, 0) is 31.2 Å². The summed E-state index contributed by atoms with van der Waals surface area (Å²) < 4.78 is 0. The average molecular weight is 332 g/mol. The first-order valence-corrected chi connectivity index (χ1v) is 8.03. The number of benzene rings is 1. The number of rotatable bonds is 5. The van der Waals surface area contributed by atoms with Gasteiger partial charge in [0.2, 0.25) is 0 Å². The molecule has 4 N–H and O–H groups in total. The zero-order valence-electron chi connectivity index (χ0n) is 13.1. The number of nitrogens with two attached hydrogens (primary N) is 1. The second kappa shape index (κ2) is 7.75. The van der Waals surface area contributed by atoms with E-state index in [1.54, 1.807) is 36.2 Å². The minimum absolute atomic E-state index is 0.0395. The summed E-state index contributed by atoms with van der Waals surface area (Å²) in [5, 5.41) is 6.05. The van der Waals surface area contributed by atoms with Crippen molar-refractivity contribution in [2.24, 2.45) is 5.73 Å². The zero-order chi connectivity index (χ0) is 16.8. The lowest BCUT2D eigenvalue weighted by Crippen LogP contribution is -2.39.